The molecule has 0 atom stereocenters. The van der Waals surface area contributed by atoms with Crippen LogP contribution < -0.4 is 0 Å². The second-order valence-corrected chi connectivity index (χ2v) is 6.53. The number of hydrogen-bond donors (Lipinski definition) is 0. The quantitative estimate of drug-likeness (QED) is 0.863. The molecule has 2 aromatic rings. The predicted octanol–water partition coefficient (Wildman–Crippen LogP) is 2.22. The molecule has 0 unspecified atom stereocenters. The first-order chi connectivity index (χ1) is 9.84. The third kappa shape index (κ3) is 2.41. The topological polar surface area (TPSA) is 88.6 Å². The Morgan fingerprint density at radius 2 is 2.10 bits per heavy atom. The van der Waals surface area contributed by atoms with Crippen LogP contribution in [-0.4, -0.2) is 22.4 Å². The SMILES string of the molecule is CCc1nccn1S(=O)(=O)c1nc(C)c(Cl)c(C)c1C#N. The van der Waals surface area contributed by atoms with Crippen molar-refractivity contribution in [2.24, 2.45) is 0 Å². The zero-order valence-electron chi connectivity index (χ0n) is 11.8. The first kappa shape index (κ1) is 15.5. The maximum atomic E-state index is 12.7. The van der Waals surface area contributed by atoms with Gasteiger partial charge in [0.2, 0.25) is 0 Å². The molecular weight excluding hydrogens is 312 g/mol. The highest BCUT2D eigenvalue weighted by molar-refractivity contribution is 7.90. The number of nitrogens with zero attached hydrogens (tertiary/aromatic N) is 4. The molecule has 0 aromatic carbocycles. The molecule has 110 valence electrons. The minimum Gasteiger partial charge on any atom is -0.241 e. The van der Waals surface area contributed by atoms with E-state index in [1.165, 1.54) is 12.4 Å². The average Bonchev–Trinajstić information content (AvgIpc) is 2.93. The molecule has 0 saturated heterocycles. The molecule has 2 aromatic heterocycles. The summed E-state index contributed by atoms with van der Waals surface area (Å²) in [7, 11) is -3.98. The fourth-order valence-electron chi connectivity index (χ4n) is 2.00. The van der Waals surface area contributed by atoms with E-state index in [1.54, 1.807) is 20.8 Å². The van der Waals surface area contributed by atoms with Gasteiger partial charge in [-0.1, -0.05) is 18.5 Å². The second kappa shape index (κ2) is 5.47. The molecule has 8 heteroatoms. The van der Waals surface area contributed by atoms with Crippen molar-refractivity contribution in [1.82, 2.24) is 13.9 Å². The Hall–Kier alpha value is -1.91. The van der Waals surface area contributed by atoms with Gasteiger partial charge in [-0.2, -0.15) is 13.7 Å². The number of rotatable bonds is 3. The Morgan fingerprint density at radius 3 is 2.67 bits per heavy atom. The number of nitriles is 1. The Kier molecular flexibility index (Phi) is 4.03. The molecule has 0 radical (unpaired) electrons. The summed E-state index contributed by atoms with van der Waals surface area (Å²) in [5, 5.41) is 9.27. The van der Waals surface area contributed by atoms with Gasteiger partial charge in [0.15, 0.2) is 5.03 Å². The first-order valence-electron chi connectivity index (χ1n) is 6.19. The Bertz CT molecular complexity index is 850. The van der Waals surface area contributed by atoms with Gasteiger partial charge >= 0.3 is 0 Å². The van der Waals surface area contributed by atoms with Crippen molar-refractivity contribution in [1.29, 1.82) is 5.26 Å². The summed E-state index contributed by atoms with van der Waals surface area (Å²) >= 11 is 6.04. The summed E-state index contributed by atoms with van der Waals surface area (Å²) in [4.78, 5) is 8.01. The second-order valence-electron chi connectivity index (χ2n) is 4.43. The van der Waals surface area contributed by atoms with Crippen molar-refractivity contribution in [2.75, 3.05) is 0 Å². The summed E-state index contributed by atoms with van der Waals surface area (Å²) in [6.45, 7) is 5.00. The van der Waals surface area contributed by atoms with E-state index >= 15 is 0 Å². The first-order valence-corrected chi connectivity index (χ1v) is 8.01. The lowest BCUT2D eigenvalue weighted by Gasteiger charge is -2.12. The molecule has 0 amide bonds. The molecule has 0 aliphatic rings. The van der Waals surface area contributed by atoms with Gasteiger partial charge in [-0.05, 0) is 19.4 Å². The van der Waals surface area contributed by atoms with Gasteiger partial charge in [-0.3, -0.25) is 0 Å². The number of halogens is 1. The third-order valence-electron chi connectivity index (χ3n) is 3.12. The van der Waals surface area contributed by atoms with Gasteiger partial charge in [-0.25, -0.2) is 13.9 Å². The maximum absolute atomic E-state index is 12.7. The molecule has 2 heterocycles. The van der Waals surface area contributed by atoms with Gasteiger partial charge < -0.3 is 0 Å². The van der Waals surface area contributed by atoms with Crippen LogP contribution in [0, 0.1) is 25.2 Å². The van der Waals surface area contributed by atoms with E-state index in [-0.39, 0.29) is 10.6 Å². The van der Waals surface area contributed by atoms with E-state index in [1.807, 2.05) is 6.07 Å². The molecule has 0 bridgehead atoms. The predicted molar refractivity (Wildman–Crippen MR) is 77.6 cm³/mol. The number of hydrogen-bond acceptors (Lipinski definition) is 5. The summed E-state index contributed by atoms with van der Waals surface area (Å²) in [6.07, 6.45) is 3.19. The number of aryl methyl sites for hydroxylation is 2. The van der Waals surface area contributed by atoms with Crippen molar-refractivity contribution in [3.05, 3.63) is 40.1 Å². The summed E-state index contributed by atoms with van der Waals surface area (Å²) in [5.41, 5.74) is 0.731. The van der Waals surface area contributed by atoms with Crippen LogP contribution in [0.3, 0.4) is 0 Å². The van der Waals surface area contributed by atoms with Gasteiger partial charge in [0.1, 0.15) is 11.9 Å². The van der Waals surface area contributed by atoms with Crippen LogP contribution >= 0.6 is 11.6 Å². The van der Waals surface area contributed by atoms with Gasteiger partial charge in [0, 0.05) is 18.8 Å². The van der Waals surface area contributed by atoms with E-state index in [2.05, 4.69) is 9.97 Å². The van der Waals surface area contributed by atoms with E-state index in [4.69, 9.17) is 11.6 Å². The number of aromatic nitrogens is 3. The standard InChI is InChI=1S/C13H13ClN4O2S/c1-4-11-16-5-6-18(11)21(19,20)13-10(7-15)8(2)12(14)9(3)17-13/h5-6H,4H2,1-3H3. The maximum Gasteiger partial charge on any atom is 0.288 e. The van der Waals surface area contributed by atoms with Crippen LogP contribution in [0.15, 0.2) is 17.4 Å². The van der Waals surface area contributed by atoms with Gasteiger partial charge in [-0.15, -0.1) is 0 Å². The van der Waals surface area contributed by atoms with Gasteiger partial charge in [0.25, 0.3) is 10.0 Å². The van der Waals surface area contributed by atoms with Crippen molar-refractivity contribution in [3.63, 3.8) is 0 Å². The lowest BCUT2D eigenvalue weighted by Crippen LogP contribution is -2.19. The lowest BCUT2D eigenvalue weighted by atomic mass is 10.1. The van der Waals surface area contributed by atoms with E-state index in [0.29, 0.717) is 28.5 Å². The average molecular weight is 325 g/mol. The van der Waals surface area contributed by atoms with Crippen molar-refractivity contribution in [3.8, 4) is 6.07 Å². The van der Waals surface area contributed by atoms with E-state index in [9.17, 15) is 13.7 Å². The highest BCUT2D eigenvalue weighted by Crippen LogP contribution is 2.27. The molecule has 21 heavy (non-hydrogen) atoms. The van der Waals surface area contributed by atoms with Crippen LogP contribution in [0.1, 0.15) is 29.6 Å². The fraction of sp³-hybridized carbons (Fsp3) is 0.308. The zero-order valence-corrected chi connectivity index (χ0v) is 13.3. The van der Waals surface area contributed by atoms with E-state index in [0.717, 1.165) is 3.97 Å². The van der Waals surface area contributed by atoms with Crippen LogP contribution in [0.4, 0.5) is 0 Å². The van der Waals surface area contributed by atoms with Crippen molar-refractivity contribution < 1.29 is 8.42 Å². The highest BCUT2D eigenvalue weighted by Gasteiger charge is 2.27. The monoisotopic (exact) mass is 324 g/mol. The normalized spacial score (nSPS) is 11.4. The molecule has 0 spiro atoms. The molecule has 6 nitrogen and oxygen atoms in total. The highest BCUT2D eigenvalue weighted by atomic mass is 35.5. The van der Waals surface area contributed by atoms with Crippen LogP contribution in [-0.2, 0) is 16.4 Å². The molecular formula is C13H13ClN4O2S. The molecule has 0 aliphatic heterocycles. The van der Waals surface area contributed by atoms with E-state index < -0.39 is 10.0 Å². The molecule has 0 fully saturated rings. The van der Waals surface area contributed by atoms with Crippen LogP contribution in [0.25, 0.3) is 0 Å². The lowest BCUT2D eigenvalue weighted by molar-refractivity contribution is 0.579. The molecule has 0 N–H and O–H groups in total. The molecule has 0 aliphatic carbocycles. The van der Waals surface area contributed by atoms with Crippen molar-refractivity contribution >= 4 is 21.6 Å². The fourth-order valence-corrected chi connectivity index (χ4v) is 3.70. The van der Waals surface area contributed by atoms with Gasteiger partial charge in [0.05, 0.1) is 16.3 Å². The molecule has 0 saturated carbocycles. The minimum atomic E-state index is -3.98. The van der Waals surface area contributed by atoms with Crippen LogP contribution in [0.2, 0.25) is 5.02 Å². The smallest absolute Gasteiger partial charge is 0.241 e. The summed E-state index contributed by atoms with van der Waals surface area (Å²) in [5.74, 6) is 0.381. The molecule has 2 rings (SSSR count). The zero-order chi connectivity index (χ0) is 15.8. The Balaban J connectivity index is 2.81. The minimum absolute atomic E-state index is 0.0404. The number of pyridine rings is 1. The van der Waals surface area contributed by atoms with Crippen molar-refractivity contribution in [2.45, 2.75) is 32.2 Å². The summed E-state index contributed by atoms with van der Waals surface area (Å²) in [6, 6.07) is 1.88. The summed E-state index contributed by atoms with van der Waals surface area (Å²) < 4.78 is 26.5. The Morgan fingerprint density at radius 1 is 1.43 bits per heavy atom. The Labute approximate surface area is 128 Å². The number of imidazole rings is 1. The largest absolute Gasteiger partial charge is 0.288 e. The van der Waals surface area contributed by atoms with Crippen LogP contribution in [0.5, 0.6) is 0 Å². The third-order valence-corrected chi connectivity index (χ3v) is 5.31.